The second kappa shape index (κ2) is 7.09. The molecule has 0 bridgehead atoms. The summed E-state index contributed by atoms with van der Waals surface area (Å²) >= 11 is 11.7. The van der Waals surface area contributed by atoms with Gasteiger partial charge < -0.3 is 5.32 Å². The first-order valence-corrected chi connectivity index (χ1v) is 8.32. The maximum atomic E-state index is 12.1. The van der Waals surface area contributed by atoms with Crippen LogP contribution in [0.5, 0.6) is 0 Å². The normalized spacial score (nSPS) is 11.3. The number of aromatic nitrogens is 1. The highest BCUT2D eigenvalue weighted by molar-refractivity contribution is 7.89. The standard InChI is InChI=1S/C13H13Cl2N3O2S/c14-10-4-5-11(15)12(9-10)21(19,20)18-8-7-17-13-3-1-2-6-16-13/h1-6,9,18H,7-8H2,(H,16,17). The van der Waals surface area contributed by atoms with Crippen LogP contribution in [0.1, 0.15) is 0 Å². The largest absolute Gasteiger partial charge is 0.369 e. The quantitative estimate of drug-likeness (QED) is 0.789. The fourth-order valence-corrected chi connectivity index (χ4v) is 3.40. The van der Waals surface area contributed by atoms with E-state index in [2.05, 4.69) is 15.0 Å². The minimum absolute atomic E-state index is 0.0329. The third kappa shape index (κ3) is 4.57. The molecular formula is C13H13Cl2N3O2S. The van der Waals surface area contributed by atoms with Crippen molar-refractivity contribution >= 4 is 39.0 Å². The molecule has 2 aromatic rings. The van der Waals surface area contributed by atoms with E-state index in [0.717, 1.165) is 0 Å². The van der Waals surface area contributed by atoms with Gasteiger partial charge >= 0.3 is 0 Å². The molecule has 112 valence electrons. The van der Waals surface area contributed by atoms with Crippen molar-refractivity contribution in [3.05, 3.63) is 52.6 Å². The van der Waals surface area contributed by atoms with Crippen molar-refractivity contribution in [3.8, 4) is 0 Å². The first-order chi connectivity index (χ1) is 9.99. The average molecular weight is 346 g/mol. The average Bonchev–Trinajstić information content (AvgIpc) is 2.47. The number of hydrogen-bond donors (Lipinski definition) is 2. The topological polar surface area (TPSA) is 71.1 Å². The van der Waals surface area contributed by atoms with Crippen LogP contribution in [-0.2, 0) is 10.0 Å². The maximum absolute atomic E-state index is 12.1. The summed E-state index contributed by atoms with van der Waals surface area (Å²) in [6.45, 7) is 0.593. The number of sulfonamides is 1. The lowest BCUT2D eigenvalue weighted by molar-refractivity contribution is 0.583. The zero-order valence-corrected chi connectivity index (χ0v) is 13.2. The van der Waals surface area contributed by atoms with Crippen LogP contribution in [0.3, 0.4) is 0 Å². The van der Waals surface area contributed by atoms with Gasteiger partial charge in [-0.3, -0.25) is 0 Å². The van der Waals surface area contributed by atoms with E-state index in [0.29, 0.717) is 17.4 Å². The number of nitrogens with one attached hydrogen (secondary N) is 2. The van der Waals surface area contributed by atoms with Gasteiger partial charge in [-0.05, 0) is 30.3 Å². The molecular weight excluding hydrogens is 333 g/mol. The molecule has 2 N–H and O–H groups in total. The Morgan fingerprint density at radius 3 is 2.62 bits per heavy atom. The Morgan fingerprint density at radius 2 is 1.90 bits per heavy atom. The second-order valence-electron chi connectivity index (χ2n) is 4.11. The van der Waals surface area contributed by atoms with Crippen molar-refractivity contribution < 1.29 is 8.42 Å². The lowest BCUT2D eigenvalue weighted by Crippen LogP contribution is -2.29. The first-order valence-electron chi connectivity index (χ1n) is 6.09. The van der Waals surface area contributed by atoms with E-state index >= 15 is 0 Å². The molecule has 1 aromatic carbocycles. The highest BCUT2D eigenvalue weighted by Crippen LogP contribution is 2.24. The smallest absolute Gasteiger partial charge is 0.242 e. The van der Waals surface area contributed by atoms with E-state index in [9.17, 15) is 8.42 Å². The molecule has 0 saturated carbocycles. The second-order valence-corrected chi connectivity index (χ2v) is 6.69. The molecule has 0 radical (unpaired) electrons. The Balaban J connectivity index is 1.94. The molecule has 0 amide bonds. The number of halogens is 2. The molecule has 0 fully saturated rings. The van der Waals surface area contributed by atoms with E-state index in [1.54, 1.807) is 18.3 Å². The number of rotatable bonds is 6. The molecule has 0 aliphatic rings. The van der Waals surface area contributed by atoms with Gasteiger partial charge in [0, 0.05) is 24.3 Å². The lowest BCUT2D eigenvalue weighted by Gasteiger charge is -2.09. The number of anilines is 1. The molecule has 0 spiro atoms. The van der Waals surface area contributed by atoms with Crippen molar-refractivity contribution in [2.24, 2.45) is 0 Å². The van der Waals surface area contributed by atoms with Crippen LogP contribution in [0.4, 0.5) is 5.82 Å². The van der Waals surface area contributed by atoms with Crippen molar-refractivity contribution in [2.75, 3.05) is 18.4 Å². The summed E-state index contributed by atoms with van der Waals surface area (Å²) in [5.41, 5.74) is 0. The Hall–Kier alpha value is -1.34. The van der Waals surface area contributed by atoms with Crippen LogP contribution in [0.2, 0.25) is 10.0 Å². The third-order valence-corrected chi connectivity index (χ3v) is 4.75. The molecule has 1 heterocycles. The monoisotopic (exact) mass is 345 g/mol. The minimum Gasteiger partial charge on any atom is -0.369 e. The molecule has 0 aliphatic heterocycles. The van der Waals surface area contributed by atoms with Crippen molar-refractivity contribution in [2.45, 2.75) is 4.90 Å². The van der Waals surface area contributed by atoms with Crippen molar-refractivity contribution in [3.63, 3.8) is 0 Å². The summed E-state index contributed by atoms with van der Waals surface area (Å²) in [5, 5.41) is 3.44. The van der Waals surface area contributed by atoms with Gasteiger partial charge in [-0.25, -0.2) is 18.1 Å². The van der Waals surface area contributed by atoms with E-state index in [4.69, 9.17) is 23.2 Å². The number of hydrogen-bond acceptors (Lipinski definition) is 4. The van der Waals surface area contributed by atoms with E-state index in [1.807, 2.05) is 6.07 Å². The summed E-state index contributed by atoms with van der Waals surface area (Å²) in [7, 11) is -3.69. The number of pyridine rings is 1. The molecule has 1 aromatic heterocycles. The fraction of sp³-hybridized carbons (Fsp3) is 0.154. The Bertz CT molecular complexity index is 709. The van der Waals surface area contributed by atoms with Gasteiger partial charge in [0.05, 0.1) is 5.02 Å². The molecule has 21 heavy (non-hydrogen) atoms. The Kier molecular flexibility index (Phi) is 5.41. The Morgan fingerprint density at radius 1 is 1.10 bits per heavy atom. The van der Waals surface area contributed by atoms with Gasteiger partial charge in [0.25, 0.3) is 0 Å². The van der Waals surface area contributed by atoms with Crippen LogP contribution >= 0.6 is 23.2 Å². The van der Waals surface area contributed by atoms with Crippen LogP contribution in [0.15, 0.2) is 47.5 Å². The van der Waals surface area contributed by atoms with Crippen molar-refractivity contribution in [1.29, 1.82) is 0 Å². The molecule has 8 heteroatoms. The third-order valence-electron chi connectivity index (χ3n) is 2.57. The predicted octanol–water partition coefficient (Wildman–Crippen LogP) is 2.78. The summed E-state index contributed by atoms with van der Waals surface area (Å²) < 4.78 is 26.7. The summed E-state index contributed by atoms with van der Waals surface area (Å²) in [4.78, 5) is 4.04. The van der Waals surface area contributed by atoms with E-state index < -0.39 is 10.0 Å². The van der Waals surface area contributed by atoms with Crippen molar-refractivity contribution in [1.82, 2.24) is 9.71 Å². The molecule has 0 unspecified atom stereocenters. The molecule has 0 saturated heterocycles. The molecule has 0 atom stereocenters. The van der Waals surface area contributed by atoms with Crippen LogP contribution in [-0.4, -0.2) is 26.5 Å². The van der Waals surface area contributed by atoms with Gasteiger partial charge in [-0.15, -0.1) is 0 Å². The minimum atomic E-state index is -3.69. The predicted molar refractivity (Wildman–Crippen MR) is 84.4 cm³/mol. The highest BCUT2D eigenvalue weighted by Gasteiger charge is 2.17. The zero-order chi connectivity index (χ0) is 15.3. The van der Waals surface area contributed by atoms with Gasteiger partial charge in [-0.1, -0.05) is 29.3 Å². The highest BCUT2D eigenvalue weighted by atomic mass is 35.5. The van der Waals surface area contributed by atoms with Gasteiger partial charge in [-0.2, -0.15) is 0 Å². The molecule has 2 rings (SSSR count). The molecule has 5 nitrogen and oxygen atoms in total. The number of benzene rings is 1. The van der Waals surface area contributed by atoms with E-state index in [-0.39, 0.29) is 16.5 Å². The summed E-state index contributed by atoms with van der Waals surface area (Å²) in [6, 6.07) is 9.73. The van der Waals surface area contributed by atoms with Gasteiger partial charge in [0.2, 0.25) is 10.0 Å². The maximum Gasteiger partial charge on any atom is 0.242 e. The van der Waals surface area contributed by atoms with Crippen LogP contribution < -0.4 is 10.0 Å². The van der Waals surface area contributed by atoms with Crippen LogP contribution in [0.25, 0.3) is 0 Å². The van der Waals surface area contributed by atoms with Crippen LogP contribution in [0, 0.1) is 0 Å². The summed E-state index contributed by atoms with van der Waals surface area (Å²) in [6.07, 6.45) is 1.65. The molecule has 0 aliphatic carbocycles. The van der Waals surface area contributed by atoms with Gasteiger partial charge in [0.15, 0.2) is 0 Å². The van der Waals surface area contributed by atoms with E-state index in [1.165, 1.54) is 18.2 Å². The van der Waals surface area contributed by atoms with Gasteiger partial charge in [0.1, 0.15) is 10.7 Å². The zero-order valence-electron chi connectivity index (χ0n) is 10.9. The first kappa shape index (κ1) is 16.0. The Labute approximate surface area is 133 Å². The summed E-state index contributed by atoms with van der Waals surface area (Å²) in [5.74, 6) is 0.678. The fourth-order valence-electron chi connectivity index (χ4n) is 1.60. The SMILES string of the molecule is O=S(=O)(NCCNc1ccccn1)c1cc(Cl)ccc1Cl. The lowest BCUT2D eigenvalue weighted by atomic mass is 10.4. The number of nitrogens with zero attached hydrogens (tertiary/aromatic N) is 1.